The number of nitrogens with zero attached hydrogens (tertiary/aromatic N) is 2. The van der Waals surface area contributed by atoms with Crippen molar-refractivity contribution in [2.24, 2.45) is 5.92 Å². The van der Waals surface area contributed by atoms with Crippen LogP contribution in [0.4, 0.5) is 18.9 Å². The molecule has 0 unspecified atom stereocenters. The molecule has 1 heterocycles. The van der Waals surface area contributed by atoms with Crippen molar-refractivity contribution in [3.8, 4) is 0 Å². The molecule has 9 heteroatoms. The summed E-state index contributed by atoms with van der Waals surface area (Å²) < 4.78 is 42.4. The van der Waals surface area contributed by atoms with Gasteiger partial charge in [0.1, 0.15) is 5.84 Å². The fourth-order valence-corrected chi connectivity index (χ4v) is 6.30. The van der Waals surface area contributed by atoms with Gasteiger partial charge >= 0.3 is 6.18 Å². The average molecular weight is 526 g/mol. The zero-order valence-corrected chi connectivity index (χ0v) is 22.0. The zero-order chi connectivity index (χ0) is 27.5. The number of fused-ring (bicyclic) bond motifs is 1. The van der Waals surface area contributed by atoms with Crippen molar-refractivity contribution in [1.82, 2.24) is 10.2 Å². The maximum Gasteiger partial charge on any atom is 0.416 e. The van der Waals surface area contributed by atoms with Crippen molar-refractivity contribution in [1.29, 1.82) is 10.8 Å². The third kappa shape index (κ3) is 4.40. The smallest absolute Gasteiger partial charge is 0.324 e. The Labute approximate surface area is 221 Å². The van der Waals surface area contributed by atoms with E-state index in [4.69, 9.17) is 10.8 Å². The number of benzene rings is 2. The molecule has 0 bridgehead atoms. The molecule has 3 N–H and O–H groups in total. The number of halogens is 3. The number of hydrogen-bond acceptors (Lipinski definition) is 4. The highest BCUT2D eigenvalue weighted by Crippen LogP contribution is 2.50. The Morgan fingerprint density at radius 1 is 1.24 bits per heavy atom. The summed E-state index contributed by atoms with van der Waals surface area (Å²) in [6.07, 6.45) is 1.07. The Morgan fingerprint density at radius 3 is 2.53 bits per heavy atom. The van der Waals surface area contributed by atoms with Gasteiger partial charge in [0.05, 0.1) is 23.9 Å². The Balaban J connectivity index is 1.48. The molecule has 2 aromatic rings. The topological polar surface area (TPSA) is 83.3 Å². The van der Waals surface area contributed by atoms with E-state index in [1.54, 1.807) is 25.2 Å². The lowest BCUT2D eigenvalue weighted by Gasteiger charge is -2.48. The second-order valence-electron chi connectivity index (χ2n) is 11.6. The summed E-state index contributed by atoms with van der Waals surface area (Å²) in [6.45, 7) is 4.30. The summed E-state index contributed by atoms with van der Waals surface area (Å²) in [5.41, 5.74) is 0.509. The van der Waals surface area contributed by atoms with Gasteiger partial charge in [-0.15, -0.1) is 0 Å². The molecule has 0 aromatic heterocycles. The van der Waals surface area contributed by atoms with Crippen molar-refractivity contribution in [3.05, 3.63) is 64.2 Å². The van der Waals surface area contributed by atoms with Crippen molar-refractivity contribution in [2.45, 2.75) is 76.2 Å². The minimum Gasteiger partial charge on any atom is -0.324 e. The molecule has 2 aliphatic carbocycles. The van der Waals surface area contributed by atoms with E-state index >= 15 is 0 Å². The third-order valence-corrected chi connectivity index (χ3v) is 8.69. The second-order valence-corrected chi connectivity index (χ2v) is 11.6. The van der Waals surface area contributed by atoms with Crippen molar-refractivity contribution < 1.29 is 18.0 Å². The molecule has 0 atom stereocenters. The minimum atomic E-state index is -4.57. The number of carbonyl (C=O) groups excluding carboxylic acids is 1. The molecule has 2 fully saturated rings. The lowest BCUT2D eigenvalue weighted by molar-refractivity contribution is -0.138. The van der Waals surface area contributed by atoms with Crippen molar-refractivity contribution >= 4 is 23.8 Å². The van der Waals surface area contributed by atoms with Gasteiger partial charge in [-0.2, -0.15) is 13.2 Å². The van der Waals surface area contributed by atoms with E-state index in [0.29, 0.717) is 23.0 Å². The number of rotatable bonds is 7. The first-order valence-electron chi connectivity index (χ1n) is 13.1. The SMILES string of the molecule is CC1CC(C(=N)N(C)C=N)(c2cccc(N3Cc4c(cc(CNC5(C)CCC5)cc4C(F)(F)F)C3=O)c2)C1. The fraction of sp³-hybridized carbons (Fsp3) is 0.483. The maximum absolute atomic E-state index is 14.1. The Bertz CT molecular complexity index is 1290. The lowest BCUT2D eigenvalue weighted by Crippen LogP contribution is -2.52. The molecule has 3 aliphatic rings. The van der Waals surface area contributed by atoms with Gasteiger partial charge < -0.3 is 15.1 Å². The number of hydrogen-bond donors (Lipinski definition) is 3. The van der Waals surface area contributed by atoms with Crippen LogP contribution in [-0.2, 0) is 24.7 Å². The number of nitrogens with one attached hydrogen (secondary N) is 3. The fourth-order valence-electron chi connectivity index (χ4n) is 6.30. The molecule has 0 saturated heterocycles. The van der Waals surface area contributed by atoms with Gasteiger partial charge in [0.25, 0.3) is 5.91 Å². The van der Waals surface area contributed by atoms with Gasteiger partial charge in [0.2, 0.25) is 0 Å². The Kier molecular flexibility index (Phi) is 6.41. The number of amides is 1. The van der Waals surface area contributed by atoms with Crippen LogP contribution >= 0.6 is 0 Å². The Morgan fingerprint density at radius 2 is 1.95 bits per heavy atom. The van der Waals surface area contributed by atoms with Crippen molar-refractivity contribution in [2.75, 3.05) is 11.9 Å². The van der Waals surface area contributed by atoms with E-state index in [9.17, 15) is 18.0 Å². The highest BCUT2D eigenvalue weighted by Gasteiger charge is 2.49. The molecule has 202 valence electrons. The van der Waals surface area contributed by atoms with E-state index in [-0.39, 0.29) is 29.8 Å². The molecule has 0 radical (unpaired) electrons. The first kappa shape index (κ1) is 26.4. The average Bonchev–Trinajstić information content (AvgIpc) is 3.18. The number of amidine groups is 1. The summed E-state index contributed by atoms with van der Waals surface area (Å²) in [4.78, 5) is 16.4. The molecule has 2 aromatic carbocycles. The standard InChI is InChI=1S/C29H34F3N5O/c1-18-13-28(14-18,26(34)36(3)17-33)20-6-4-7-21(12-20)37-16-23-22(25(37)38)10-19(11-24(23)29(30,31)32)15-35-27(2)8-5-9-27/h4,6-7,10-12,17-18,33-35H,5,8-9,13-16H2,1-3H3. The Hall–Kier alpha value is -3.20. The van der Waals surface area contributed by atoms with Crippen LogP contribution < -0.4 is 10.2 Å². The summed E-state index contributed by atoms with van der Waals surface area (Å²) in [5.74, 6) is 0.261. The monoisotopic (exact) mass is 525 g/mol. The second kappa shape index (κ2) is 9.22. The van der Waals surface area contributed by atoms with E-state index in [2.05, 4.69) is 19.2 Å². The van der Waals surface area contributed by atoms with Crippen LogP contribution in [0.3, 0.4) is 0 Å². The van der Waals surface area contributed by atoms with Gasteiger partial charge in [-0.05, 0) is 85.9 Å². The van der Waals surface area contributed by atoms with Crippen LogP contribution in [0.2, 0.25) is 0 Å². The number of likely N-dealkylation sites (N-methyl/N-ethyl adjacent to an activating group) is 1. The molecular weight excluding hydrogens is 491 g/mol. The molecular formula is C29H34F3N5O. The van der Waals surface area contributed by atoms with E-state index in [1.165, 1.54) is 15.9 Å². The first-order valence-corrected chi connectivity index (χ1v) is 13.1. The number of alkyl halides is 3. The largest absolute Gasteiger partial charge is 0.416 e. The molecule has 1 aliphatic heterocycles. The first-order chi connectivity index (χ1) is 17.9. The van der Waals surface area contributed by atoms with Crippen LogP contribution in [0.5, 0.6) is 0 Å². The molecule has 0 spiro atoms. The summed E-state index contributed by atoms with van der Waals surface area (Å²) in [6, 6.07) is 10.1. The van der Waals surface area contributed by atoms with Crippen molar-refractivity contribution in [3.63, 3.8) is 0 Å². The van der Waals surface area contributed by atoms with Crippen LogP contribution in [0.1, 0.15) is 78.6 Å². The van der Waals surface area contributed by atoms with E-state index < -0.39 is 23.1 Å². The highest BCUT2D eigenvalue weighted by atomic mass is 19.4. The van der Waals surface area contributed by atoms with Crippen LogP contribution in [-0.4, -0.2) is 35.6 Å². The lowest BCUT2D eigenvalue weighted by atomic mass is 9.58. The third-order valence-electron chi connectivity index (χ3n) is 8.69. The number of anilines is 1. The molecule has 38 heavy (non-hydrogen) atoms. The maximum atomic E-state index is 14.1. The van der Waals surface area contributed by atoms with E-state index in [1.807, 2.05) is 12.1 Å². The van der Waals surface area contributed by atoms with Gasteiger partial charge in [-0.3, -0.25) is 15.6 Å². The van der Waals surface area contributed by atoms with E-state index in [0.717, 1.165) is 44.0 Å². The predicted molar refractivity (Wildman–Crippen MR) is 142 cm³/mol. The van der Waals surface area contributed by atoms with Gasteiger partial charge in [-0.25, -0.2) is 0 Å². The molecule has 6 nitrogen and oxygen atoms in total. The van der Waals surface area contributed by atoms with Crippen LogP contribution in [0.25, 0.3) is 0 Å². The zero-order valence-electron chi connectivity index (χ0n) is 22.0. The normalized spacial score (nSPS) is 23.9. The number of carbonyl (C=O) groups is 1. The quantitative estimate of drug-likeness (QED) is 0.303. The summed E-state index contributed by atoms with van der Waals surface area (Å²) in [7, 11) is 1.67. The predicted octanol–water partition coefficient (Wildman–Crippen LogP) is 6.08. The molecule has 2 saturated carbocycles. The van der Waals surface area contributed by atoms with Gasteiger partial charge in [0, 0.05) is 30.4 Å². The van der Waals surface area contributed by atoms with Gasteiger partial charge in [0.15, 0.2) is 0 Å². The molecule has 5 rings (SSSR count). The molecule has 1 amide bonds. The summed E-state index contributed by atoms with van der Waals surface area (Å²) in [5, 5.41) is 19.7. The van der Waals surface area contributed by atoms with Crippen LogP contribution in [0, 0.1) is 16.7 Å². The van der Waals surface area contributed by atoms with Crippen LogP contribution in [0.15, 0.2) is 36.4 Å². The van der Waals surface area contributed by atoms with Gasteiger partial charge in [-0.1, -0.05) is 19.1 Å². The highest BCUT2D eigenvalue weighted by molar-refractivity contribution is 6.10. The summed E-state index contributed by atoms with van der Waals surface area (Å²) >= 11 is 0. The minimum absolute atomic E-state index is 0.00905.